The Bertz CT molecular complexity index is 1420. The highest BCUT2D eigenvalue weighted by atomic mass is 79.9. The minimum absolute atomic E-state index is 0.0410. The lowest BCUT2D eigenvalue weighted by atomic mass is 9.90. The highest BCUT2D eigenvalue weighted by molar-refractivity contribution is 9.10. The van der Waals surface area contributed by atoms with Crippen molar-refractivity contribution in [2.24, 2.45) is 5.92 Å². The number of halogens is 2. The van der Waals surface area contributed by atoms with Crippen LogP contribution in [0.25, 0.3) is 17.2 Å². The van der Waals surface area contributed by atoms with Crippen molar-refractivity contribution in [3.63, 3.8) is 0 Å². The number of aryl methyl sites for hydroxylation is 1. The summed E-state index contributed by atoms with van der Waals surface area (Å²) in [5, 5.41) is 27.8. The number of carbonyl (C=O) groups is 1. The second-order valence-electron chi connectivity index (χ2n) is 8.98. The third kappa shape index (κ3) is 6.22. The predicted molar refractivity (Wildman–Crippen MR) is 143 cm³/mol. The Balaban J connectivity index is 1.42. The van der Waals surface area contributed by atoms with Crippen LogP contribution in [0.15, 0.2) is 59.2 Å². The van der Waals surface area contributed by atoms with E-state index in [1.807, 2.05) is 30.3 Å². The average molecular weight is 559 g/mol. The maximum absolute atomic E-state index is 14.3. The maximum Gasteiger partial charge on any atom is 0.328 e. The van der Waals surface area contributed by atoms with Crippen molar-refractivity contribution in [3.8, 4) is 23.3 Å². The Labute approximate surface area is 223 Å². The third-order valence-corrected chi connectivity index (χ3v) is 7.26. The number of pyridine rings is 1. The number of nitriles is 2. The first-order chi connectivity index (χ1) is 17.9. The molecule has 0 bridgehead atoms. The van der Waals surface area contributed by atoms with Crippen LogP contribution in [-0.4, -0.2) is 29.1 Å². The van der Waals surface area contributed by atoms with Gasteiger partial charge in [0.2, 0.25) is 0 Å². The average Bonchev–Trinajstić information content (AvgIpc) is 2.91. The summed E-state index contributed by atoms with van der Waals surface area (Å²) in [6, 6.07) is 16.4. The van der Waals surface area contributed by atoms with Crippen LogP contribution < -0.4 is 4.90 Å². The molecule has 37 heavy (non-hydrogen) atoms. The molecule has 2 heterocycles. The molecule has 3 aromatic rings. The Morgan fingerprint density at radius 3 is 2.51 bits per heavy atom. The Morgan fingerprint density at radius 2 is 1.89 bits per heavy atom. The number of anilines is 1. The zero-order valence-electron chi connectivity index (χ0n) is 20.0. The van der Waals surface area contributed by atoms with Crippen molar-refractivity contribution in [1.29, 1.82) is 10.5 Å². The summed E-state index contributed by atoms with van der Waals surface area (Å²) in [4.78, 5) is 17.3. The summed E-state index contributed by atoms with van der Waals surface area (Å²) in [6.07, 6.45) is 8.30. The monoisotopic (exact) mass is 558 g/mol. The number of hydrogen-bond acceptors (Lipinski definition) is 5. The van der Waals surface area contributed by atoms with Crippen LogP contribution in [0.5, 0.6) is 0 Å². The van der Waals surface area contributed by atoms with Crippen molar-refractivity contribution in [1.82, 2.24) is 4.98 Å². The molecule has 0 saturated carbocycles. The number of carboxylic acids is 1. The van der Waals surface area contributed by atoms with E-state index < -0.39 is 11.8 Å². The van der Waals surface area contributed by atoms with Crippen LogP contribution in [0.2, 0.25) is 0 Å². The van der Waals surface area contributed by atoms with Gasteiger partial charge in [0, 0.05) is 35.4 Å². The second kappa shape index (κ2) is 11.8. The summed E-state index contributed by atoms with van der Waals surface area (Å²) in [5.74, 6) is -0.443. The van der Waals surface area contributed by atoms with E-state index in [9.17, 15) is 14.4 Å². The summed E-state index contributed by atoms with van der Waals surface area (Å²) in [6.45, 7) is 1.54. The van der Waals surface area contributed by atoms with E-state index in [0.29, 0.717) is 32.9 Å². The van der Waals surface area contributed by atoms with Gasteiger partial charge in [-0.25, -0.2) is 14.2 Å². The van der Waals surface area contributed by atoms with Gasteiger partial charge in [0.15, 0.2) is 0 Å². The first-order valence-electron chi connectivity index (χ1n) is 11.9. The fraction of sp³-hybridized carbons (Fsp3) is 0.241. The summed E-state index contributed by atoms with van der Waals surface area (Å²) < 4.78 is 14.9. The van der Waals surface area contributed by atoms with Gasteiger partial charge in [0.25, 0.3) is 0 Å². The molecule has 4 rings (SSSR count). The van der Waals surface area contributed by atoms with Crippen LogP contribution in [-0.2, 0) is 11.2 Å². The largest absolute Gasteiger partial charge is 0.478 e. The van der Waals surface area contributed by atoms with Crippen molar-refractivity contribution in [2.45, 2.75) is 25.7 Å². The Morgan fingerprint density at radius 1 is 1.16 bits per heavy atom. The van der Waals surface area contributed by atoms with Crippen molar-refractivity contribution >= 4 is 33.8 Å². The van der Waals surface area contributed by atoms with Gasteiger partial charge in [-0.15, -0.1) is 0 Å². The third-order valence-electron chi connectivity index (χ3n) is 6.66. The van der Waals surface area contributed by atoms with Gasteiger partial charge >= 0.3 is 5.97 Å². The highest BCUT2D eigenvalue weighted by Crippen LogP contribution is 2.37. The Hall–Kier alpha value is -4.01. The molecule has 1 fully saturated rings. The second-order valence-corrected chi connectivity index (χ2v) is 9.83. The first kappa shape index (κ1) is 26.1. The zero-order chi connectivity index (χ0) is 26.4. The molecule has 0 amide bonds. The summed E-state index contributed by atoms with van der Waals surface area (Å²) in [7, 11) is 0. The van der Waals surface area contributed by atoms with E-state index in [0.717, 1.165) is 50.4 Å². The van der Waals surface area contributed by atoms with Crippen LogP contribution in [0.3, 0.4) is 0 Å². The molecule has 1 aliphatic heterocycles. The van der Waals surface area contributed by atoms with Gasteiger partial charge in [-0.1, -0.05) is 30.3 Å². The van der Waals surface area contributed by atoms with Crippen LogP contribution in [0.1, 0.15) is 41.5 Å². The lowest BCUT2D eigenvalue weighted by molar-refractivity contribution is -0.131. The van der Waals surface area contributed by atoms with E-state index in [1.165, 1.54) is 17.7 Å². The molecule has 0 atom stereocenters. The SMILES string of the molecule is N#Cc1ccc(-c2c(Br)cnc(N3CCC(CCc4ccc(/C=C/C(=O)O)cc4)CC3)c2C#N)cc1F. The van der Waals surface area contributed by atoms with E-state index in [2.05, 4.69) is 31.9 Å². The predicted octanol–water partition coefficient (Wildman–Crippen LogP) is 6.34. The minimum Gasteiger partial charge on any atom is -0.478 e. The van der Waals surface area contributed by atoms with E-state index in [-0.39, 0.29) is 5.56 Å². The van der Waals surface area contributed by atoms with E-state index in [4.69, 9.17) is 10.4 Å². The molecule has 0 radical (unpaired) electrons. The van der Waals surface area contributed by atoms with E-state index in [1.54, 1.807) is 18.3 Å². The molecule has 1 aliphatic rings. The quantitative estimate of drug-likeness (QED) is 0.339. The molecule has 0 spiro atoms. The molecule has 1 N–H and O–H groups in total. The standard InChI is InChI=1S/C29H24BrFN4O2/c30-25-18-34-29(24(17-33)28(25)22-8-9-23(16-32)26(31)15-22)35-13-11-21(12-14-35)6-5-19-1-3-20(4-2-19)7-10-27(36)37/h1-4,7-10,15,18,21H,5-6,11-14H2,(H,36,37)/b10-7+. The smallest absolute Gasteiger partial charge is 0.328 e. The molecule has 8 heteroatoms. The van der Waals surface area contributed by atoms with Gasteiger partial charge in [0.05, 0.1) is 5.56 Å². The number of nitrogens with zero attached hydrogens (tertiary/aromatic N) is 4. The van der Waals surface area contributed by atoms with E-state index >= 15 is 0 Å². The number of hydrogen-bond donors (Lipinski definition) is 1. The topological polar surface area (TPSA) is 101 Å². The number of aromatic nitrogens is 1. The molecular formula is C29H24BrFN4O2. The molecule has 0 aliphatic carbocycles. The molecule has 6 nitrogen and oxygen atoms in total. The lowest BCUT2D eigenvalue weighted by Gasteiger charge is -2.33. The molecular weight excluding hydrogens is 535 g/mol. The normalized spacial score (nSPS) is 13.9. The van der Waals surface area contributed by atoms with Crippen molar-refractivity contribution in [2.75, 3.05) is 18.0 Å². The number of benzene rings is 2. The van der Waals surface area contributed by atoms with Crippen molar-refractivity contribution < 1.29 is 14.3 Å². The number of rotatable bonds is 7. The number of piperidine rings is 1. The number of aliphatic carboxylic acids is 1. The maximum atomic E-state index is 14.3. The fourth-order valence-corrected chi connectivity index (χ4v) is 5.16. The fourth-order valence-electron chi connectivity index (χ4n) is 4.63. The summed E-state index contributed by atoms with van der Waals surface area (Å²) in [5.41, 5.74) is 3.51. The zero-order valence-corrected chi connectivity index (χ0v) is 21.6. The Kier molecular flexibility index (Phi) is 8.32. The summed E-state index contributed by atoms with van der Waals surface area (Å²) >= 11 is 3.47. The van der Waals surface area contributed by atoms with Gasteiger partial charge < -0.3 is 10.0 Å². The number of carboxylic acid groups (broad SMARTS) is 1. The minimum atomic E-state index is -0.963. The van der Waals surface area contributed by atoms with Gasteiger partial charge in [-0.3, -0.25) is 0 Å². The van der Waals surface area contributed by atoms with Gasteiger partial charge in [0.1, 0.15) is 29.3 Å². The highest BCUT2D eigenvalue weighted by Gasteiger charge is 2.25. The van der Waals surface area contributed by atoms with Crippen molar-refractivity contribution in [3.05, 3.63) is 87.3 Å². The first-order valence-corrected chi connectivity index (χ1v) is 12.7. The van der Waals surface area contributed by atoms with Crippen LogP contribution >= 0.6 is 15.9 Å². The van der Waals surface area contributed by atoms with Gasteiger partial charge in [-0.05, 0) is 82.4 Å². The van der Waals surface area contributed by atoms with Crippen LogP contribution in [0.4, 0.5) is 10.2 Å². The lowest BCUT2D eigenvalue weighted by Crippen LogP contribution is -2.35. The molecule has 1 saturated heterocycles. The molecule has 1 aromatic heterocycles. The van der Waals surface area contributed by atoms with Gasteiger partial charge in [-0.2, -0.15) is 10.5 Å². The molecule has 2 aromatic carbocycles. The molecule has 186 valence electrons. The van der Waals surface area contributed by atoms with Crippen LogP contribution in [0, 0.1) is 34.4 Å². The molecule has 0 unspecified atom stereocenters.